The fourth-order valence-corrected chi connectivity index (χ4v) is 4.08. The number of hydrogen-bond donors (Lipinski definition) is 0. The number of anilines is 2. The highest BCUT2D eigenvalue weighted by atomic mass is 32.2. The first-order chi connectivity index (χ1) is 12.7. The third-order valence-corrected chi connectivity index (χ3v) is 5.29. The zero-order chi connectivity index (χ0) is 17.7. The predicted octanol–water partition coefficient (Wildman–Crippen LogP) is 3.41. The van der Waals surface area contributed by atoms with Gasteiger partial charge in [0.1, 0.15) is 10.7 Å². The molecule has 5 rings (SSSR count). The van der Waals surface area contributed by atoms with Crippen LogP contribution in [0.4, 0.5) is 11.5 Å². The van der Waals surface area contributed by atoms with Crippen molar-refractivity contribution in [2.75, 3.05) is 11.9 Å². The molecule has 0 unspecified atom stereocenters. The molecule has 1 aliphatic heterocycles. The van der Waals surface area contributed by atoms with Crippen molar-refractivity contribution in [2.45, 2.75) is 9.92 Å². The summed E-state index contributed by atoms with van der Waals surface area (Å²) in [7, 11) is 1.84. The Labute approximate surface area is 153 Å². The SMILES string of the molecule is CN1c2nc3ccccc3nc2Sc2cnn(-c3ccccc3)c(=O)c21. The van der Waals surface area contributed by atoms with Crippen LogP contribution in [0.15, 0.2) is 75.5 Å². The van der Waals surface area contributed by atoms with Crippen LogP contribution in [-0.4, -0.2) is 26.8 Å². The standard InChI is InChI=1S/C19H13N5OS/c1-23-16-15(11-20-24(19(16)25)12-7-3-2-4-8-12)26-18-17(23)21-13-9-5-6-10-14(13)22-18/h2-11H,1H3. The number of aromatic nitrogens is 4. The summed E-state index contributed by atoms with van der Waals surface area (Å²) in [5.74, 6) is 0.684. The fraction of sp³-hybridized carbons (Fsp3) is 0.0526. The summed E-state index contributed by atoms with van der Waals surface area (Å²) in [5, 5.41) is 5.12. The fourth-order valence-electron chi connectivity index (χ4n) is 3.04. The maximum Gasteiger partial charge on any atom is 0.296 e. The van der Waals surface area contributed by atoms with Gasteiger partial charge in [-0.2, -0.15) is 9.78 Å². The third kappa shape index (κ3) is 2.21. The Morgan fingerprint density at radius 1 is 0.923 bits per heavy atom. The van der Waals surface area contributed by atoms with Crippen molar-refractivity contribution in [3.05, 3.63) is 71.1 Å². The van der Waals surface area contributed by atoms with Crippen LogP contribution in [0.3, 0.4) is 0 Å². The van der Waals surface area contributed by atoms with Crippen LogP contribution in [-0.2, 0) is 0 Å². The quantitative estimate of drug-likeness (QED) is 0.519. The zero-order valence-electron chi connectivity index (χ0n) is 13.8. The van der Waals surface area contributed by atoms with Crippen LogP contribution in [0.25, 0.3) is 16.7 Å². The van der Waals surface area contributed by atoms with Gasteiger partial charge in [0, 0.05) is 7.05 Å². The molecule has 4 aromatic rings. The van der Waals surface area contributed by atoms with Crippen molar-refractivity contribution >= 4 is 34.3 Å². The molecule has 26 heavy (non-hydrogen) atoms. The Kier molecular flexibility index (Phi) is 3.29. The molecule has 0 aliphatic carbocycles. The summed E-state index contributed by atoms with van der Waals surface area (Å²) in [6, 6.07) is 17.1. The van der Waals surface area contributed by atoms with Crippen LogP contribution in [0, 0.1) is 0 Å². The number of benzene rings is 2. The Balaban J connectivity index is 1.71. The summed E-state index contributed by atoms with van der Waals surface area (Å²) in [4.78, 5) is 25.1. The molecule has 0 N–H and O–H groups in total. The highest BCUT2D eigenvalue weighted by Crippen LogP contribution is 2.44. The van der Waals surface area contributed by atoms with E-state index < -0.39 is 0 Å². The van der Waals surface area contributed by atoms with Crippen LogP contribution in [0.5, 0.6) is 0 Å². The van der Waals surface area contributed by atoms with Crippen molar-refractivity contribution in [3.63, 3.8) is 0 Å². The minimum atomic E-state index is -0.177. The van der Waals surface area contributed by atoms with Crippen molar-refractivity contribution < 1.29 is 0 Å². The van der Waals surface area contributed by atoms with E-state index in [0.717, 1.165) is 26.6 Å². The molecule has 0 fully saturated rings. The molecular formula is C19H13N5OS. The van der Waals surface area contributed by atoms with Gasteiger partial charge in [-0.1, -0.05) is 42.1 Å². The molecule has 0 saturated carbocycles. The summed E-state index contributed by atoms with van der Waals surface area (Å²) >= 11 is 1.43. The smallest absolute Gasteiger partial charge is 0.296 e. The van der Waals surface area contributed by atoms with E-state index in [1.807, 2.05) is 66.5 Å². The zero-order valence-corrected chi connectivity index (χ0v) is 14.6. The van der Waals surface area contributed by atoms with E-state index in [4.69, 9.17) is 9.97 Å². The maximum atomic E-state index is 13.1. The van der Waals surface area contributed by atoms with E-state index in [1.54, 1.807) is 6.20 Å². The lowest BCUT2D eigenvalue weighted by atomic mass is 10.3. The van der Waals surface area contributed by atoms with E-state index in [9.17, 15) is 4.79 Å². The van der Waals surface area contributed by atoms with E-state index in [2.05, 4.69) is 5.10 Å². The largest absolute Gasteiger partial charge is 0.322 e. The maximum absolute atomic E-state index is 13.1. The van der Waals surface area contributed by atoms with E-state index in [1.165, 1.54) is 16.4 Å². The minimum absolute atomic E-state index is 0.177. The van der Waals surface area contributed by atoms with Gasteiger partial charge >= 0.3 is 0 Å². The molecule has 6 nitrogen and oxygen atoms in total. The highest BCUT2D eigenvalue weighted by molar-refractivity contribution is 7.99. The summed E-state index contributed by atoms with van der Waals surface area (Å²) in [5.41, 5.74) is 2.75. The molecule has 2 aromatic carbocycles. The Bertz CT molecular complexity index is 1210. The van der Waals surface area contributed by atoms with Crippen LogP contribution >= 0.6 is 11.8 Å². The highest BCUT2D eigenvalue weighted by Gasteiger charge is 2.28. The Hall–Kier alpha value is -3.19. The second-order valence-electron chi connectivity index (χ2n) is 5.91. The number of hydrogen-bond acceptors (Lipinski definition) is 6. The first kappa shape index (κ1) is 15.1. The van der Waals surface area contributed by atoms with E-state index >= 15 is 0 Å². The van der Waals surface area contributed by atoms with Gasteiger partial charge < -0.3 is 4.90 Å². The van der Waals surface area contributed by atoms with Crippen molar-refractivity contribution in [1.82, 2.24) is 19.7 Å². The molecular weight excluding hydrogens is 346 g/mol. The van der Waals surface area contributed by atoms with Gasteiger partial charge in [0.15, 0.2) is 5.82 Å². The van der Waals surface area contributed by atoms with Gasteiger partial charge in [-0.3, -0.25) is 4.79 Å². The lowest BCUT2D eigenvalue weighted by Crippen LogP contribution is -2.30. The van der Waals surface area contributed by atoms with Crippen LogP contribution in [0.2, 0.25) is 0 Å². The van der Waals surface area contributed by atoms with Gasteiger partial charge in [0.2, 0.25) is 0 Å². The predicted molar refractivity (Wildman–Crippen MR) is 102 cm³/mol. The van der Waals surface area contributed by atoms with E-state index in [0.29, 0.717) is 11.5 Å². The lowest BCUT2D eigenvalue weighted by Gasteiger charge is -2.27. The first-order valence-electron chi connectivity index (χ1n) is 8.08. The second kappa shape index (κ2) is 5.67. The molecule has 0 spiro atoms. The molecule has 0 saturated heterocycles. The topological polar surface area (TPSA) is 63.9 Å². The molecule has 2 aromatic heterocycles. The van der Waals surface area contributed by atoms with Gasteiger partial charge in [0.05, 0.1) is 27.8 Å². The van der Waals surface area contributed by atoms with Crippen LogP contribution < -0.4 is 10.5 Å². The van der Waals surface area contributed by atoms with Crippen molar-refractivity contribution in [1.29, 1.82) is 0 Å². The van der Waals surface area contributed by atoms with Gasteiger partial charge in [-0.05, 0) is 24.3 Å². The average Bonchev–Trinajstić information content (AvgIpc) is 2.68. The first-order valence-corrected chi connectivity index (χ1v) is 8.90. The molecule has 0 radical (unpaired) electrons. The van der Waals surface area contributed by atoms with Crippen molar-refractivity contribution in [2.24, 2.45) is 0 Å². The molecule has 1 aliphatic rings. The number of fused-ring (bicyclic) bond motifs is 3. The summed E-state index contributed by atoms with van der Waals surface area (Å²) < 4.78 is 1.41. The average molecular weight is 359 g/mol. The molecule has 7 heteroatoms. The van der Waals surface area contributed by atoms with Crippen LogP contribution in [0.1, 0.15) is 0 Å². The number of para-hydroxylation sites is 3. The summed E-state index contributed by atoms with van der Waals surface area (Å²) in [6.45, 7) is 0. The molecule has 126 valence electrons. The number of rotatable bonds is 1. The molecule has 0 atom stereocenters. The van der Waals surface area contributed by atoms with Crippen molar-refractivity contribution in [3.8, 4) is 5.69 Å². The molecule has 3 heterocycles. The van der Waals surface area contributed by atoms with Gasteiger partial charge in [-0.25, -0.2) is 9.97 Å². The molecule has 0 amide bonds. The Morgan fingerprint density at radius 3 is 2.38 bits per heavy atom. The number of nitrogens with zero attached hydrogens (tertiary/aromatic N) is 5. The van der Waals surface area contributed by atoms with Gasteiger partial charge in [-0.15, -0.1) is 0 Å². The Morgan fingerprint density at radius 2 is 1.62 bits per heavy atom. The van der Waals surface area contributed by atoms with Gasteiger partial charge in [0.25, 0.3) is 5.56 Å². The van der Waals surface area contributed by atoms with E-state index in [-0.39, 0.29) is 5.56 Å². The monoisotopic (exact) mass is 359 g/mol. The summed E-state index contributed by atoms with van der Waals surface area (Å²) in [6.07, 6.45) is 1.71. The molecule has 0 bridgehead atoms. The third-order valence-electron chi connectivity index (χ3n) is 4.30. The second-order valence-corrected chi connectivity index (χ2v) is 6.94. The lowest BCUT2D eigenvalue weighted by molar-refractivity contribution is 0.781. The minimum Gasteiger partial charge on any atom is -0.322 e. The normalized spacial score (nSPS) is 12.7.